The third kappa shape index (κ3) is 3.54. The van der Waals surface area contributed by atoms with Gasteiger partial charge in [0, 0.05) is 6.54 Å². The van der Waals surface area contributed by atoms with Crippen LogP contribution in [-0.4, -0.2) is 16.9 Å². The number of halogens is 3. The van der Waals surface area contributed by atoms with Gasteiger partial charge in [0.05, 0.1) is 9.85 Å². The van der Waals surface area contributed by atoms with Crippen LogP contribution in [0.15, 0.2) is 40.4 Å². The largest absolute Gasteiger partial charge is 0.366 e. The Hall–Kier alpha value is -0.870. The molecule has 0 bridgehead atoms. The van der Waals surface area contributed by atoms with Crippen molar-refractivity contribution in [1.82, 2.24) is 4.98 Å². The molecule has 2 nitrogen and oxygen atoms in total. The quantitative estimate of drug-likeness (QED) is 0.676. The molecule has 0 amide bonds. The van der Waals surface area contributed by atoms with E-state index in [0.29, 0.717) is 16.8 Å². The van der Waals surface area contributed by atoms with Crippen LogP contribution in [0.2, 0.25) is 0 Å². The van der Waals surface area contributed by atoms with E-state index in [4.69, 9.17) is 11.6 Å². The molecule has 0 aromatic carbocycles. The molecule has 0 spiro atoms. The lowest BCUT2D eigenvalue weighted by molar-refractivity contribution is 0.578. The van der Waals surface area contributed by atoms with Crippen LogP contribution < -0.4 is 5.32 Å². The molecule has 5 heteroatoms. The van der Waals surface area contributed by atoms with Crippen molar-refractivity contribution < 1.29 is 4.39 Å². The van der Waals surface area contributed by atoms with Crippen molar-refractivity contribution in [3.8, 4) is 0 Å². The number of allylic oxidation sites excluding steroid dienone is 2. The Morgan fingerprint density at radius 1 is 1.53 bits per heavy atom. The molecule has 1 aliphatic carbocycles. The van der Waals surface area contributed by atoms with Crippen LogP contribution in [0.1, 0.15) is 6.42 Å². The molecule has 17 heavy (non-hydrogen) atoms. The maximum Gasteiger partial charge on any atom is 0.229 e. The van der Waals surface area contributed by atoms with Crippen molar-refractivity contribution in [1.29, 1.82) is 0 Å². The van der Waals surface area contributed by atoms with E-state index >= 15 is 0 Å². The Morgan fingerprint density at radius 2 is 2.35 bits per heavy atom. The average Bonchev–Trinajstić information content (AvgIpc) is 2.33. The van der Waals surface area contributed by atoms with Gasteiger partial charge >= 0.3 is 0 Å². The number of aromatic nitrogens is 1. The van der Waals surface area contributed by atoms with E-state index in [1.807, 2.05) is 12.2 Å². The van der Waals surface area contributed by atoms with Crippen molar-refractivity contribution in [3.63, 3.8) is 0 Å². The number of anilines is 1. The van der Waals surface area contributed by atoms with Gasteiger partial charge in [-0.2, -0.15) is 4.39 Å². The first-order chi connectivity index (χ1) is 8.15. The van der Waals surface area contributed by atoms with Gasteiger partial charge in [-0.3, -0.25) is 0 Å². The Morgan fingerprint density at radius 3 is 3.00 bits per heavy atom. The minimum Gasteiger partial charge on any atom is -0.366 e. The summed E-state index contributed by atoms with van der Waals surface area (Å²) in [6.45, 7) is 0.619. The lowest BCUT2D eigenvalue weighted by Crippen LogP contribution is -2.08. The fourth-order valence-corrected chi connectivity index (χ4v) is 1.86. The molecule has 0 radical (unpaired) electrons. The highest BCUT2D eigenvalue weighted by Gasteiger charge is 2.06. The van der Waals surface area contributed by atoms with Gasteiger partial charge in [0.25, 0.3) is 0 Å². The van der Waals surface area contributed by atoms with Crippen LogP contribution in [-0.2, 0) is 0 Å². The SMILES string of the molecule is Fc1nc(NCC2=CCC(Cl)C=C2)ccc1Br. The highest BCUT2D eigenvalue weighted by molar-refractivity contribution is 9.10. The molecule has 90 valence electrons. The summed E-state index contributed by atoms with van der Waals surface area (Å²) in [4.78, 5) is 3.77. The molecule has 1 atom stereocenters. The average molecular weight is 318 g/mol. The van der Waals surface area contributed by atoms with Gasteiger partial charge in [-0.05, 0) is 40.1 Å². The van der Waals surface area contributed by atoms with Crippen molar-refractivity contribution >= 4 is 33.3 Å². The van der Waals surface area contributed by atoms with Crippen molar-refractivity contribution in [3.05, 3.63) is 46.4 Å². The fourth-order valence-electron chi connectivity index (χ4n) is 1.48. The number of hydrogen-bond acceptors (Lipinski definition) is 2. The molecule has 0 fully saturated rings. The first kappa shape index (κ1) is 12.6. The standard InChI is InChI=1S/C12H11BrClFN2/c13-10-5-6-11(17-12(10)15)16-7-8-1-3-9(14)4-2-8/h1-3,5-6,9H,4,7H2,(H,16,17). The van der Waals surface area contributed by atoms with Crippen LogP contribution >= 0.6 is 27.5 Å². The Balaban J connectivity index is 1.94. The van der Waals surface area contributed by atoms with Crippen molar-refractivity contribution in [2.75, 3.05) is 11.9 Å². The monoisotopic (exact) mass is 316 g/mol. The van der Waals surface area contributed by atoms with Gasteiger partial charge in [-0.25, -0.2) is 4.98 Å². The van der Waals surface area contributed by atoms with E-state index in [1.165, 1.54) is 0 Å². The maximum atomic E-state index is 13.2. The van der Waals surface area contributed by atoms with E-state index in [9.17, 15) is 4.39 Å². The number of pyridine rings is 1. The van der Waals surface area contributed by atoms with E-state index in [2.05, 4.69) is 32.3 Å². The van der Waals surface area contributed by atoms with Crippen LogP contribution in [0.4, 0.5) is 10.2 Å². The molecule has 1 heterocycles. The number of rotatable bonds is 3. The van der Waals surface area contributed by atoms with E-state index in [-0.39, 0.29) is 5.38 Å². The van der Waals surface area contributed by atoms with Crippen LogP contribution in [0, 0.1) is 5.95 Å². The van der Waals surface area contributed by atoms with Crippen molar-refractivity contribution in [2.45, 2.75) is 11.8 Å². The smallest absolute Gasteiger partial charge is 0.229 e. The zero-order valence-corrected chi connectivity index (χ0v) is 11.3. The van der Waals surface area contributed by atoms with Gasteiger partial charge in [0.2, 0.25) is 5.95 Å². The minimum atomic E-state index is -0.510. The minimum absolute atomic E-state index is 0.0852. The Labute approximate surface area is 113 Å². The normalized spacial score (nSPS) is 19.0. The van der Waals surface area contributed by atoms with Gasteiger partial charge in [0.15, 0.2) is 0 Å². The topological polar surface area (TPSA) is 24.9 Å². The summed E-state index contributed by atoms with van der Waals surface area (Å²) in [6, 6.07) is 3.36. The first-order valence-corrected chi connectivity index (χ1v) is 6.45. The zero-order valence-electron chi connectivity index (χ0n) is 8.96. The molecule has 1 aromatic heterocycles. The molecular formula is C12H11BrClFN2. The predicted molar refractivity (Wildman–Crippen MR) is 71.9 cm³/mol. The third-order valence-corrected chi connectivity index (χ3v) is 3.32. The van der Waals surface area contributed by atoms with Gasteiger partial charge in [-0.15, -0.1) is 11.6 Å². The number of alkyl halides is 1. The fraction of sp³-hybridized carbons (Fsp3) is 0.250. The lowest BCUT2D eigenvalue weighted by atomic mass is 10.1. The third-order valence-electron chi connectivity index (χ3n) is 2.40. The summed E-state index contributed by atoms with van der Waals surface area (Å²) < 4.78 is 13.5. The van der Waals surface area contributed by atoms with Crippen LogP contribution in [0.25, 0.3) is 0 Å². The van der Waals surface area contributed by atoms with E-state index < -0.39 is 5.95 Å². The summed E-state index contributed by atoms with van der Waals surface area (Å²) in [5, 5.41) is 3.15. The summed E-state index contributed by atoms with van der Waals surface area (Å²) in [6.07, 6.45) is 6.83. The summed E-state index contributed by atoms with van der Waals surface area (Å²) >= 11 is 8.98. The number of nitrogens with zero attached hydrogens (tertiary/aromatic N) is 1. The van der Waals surface area contributed by atoms with Gasteiger partial charge < -0.3 is 5.32 Å². The molecule has 1 unspecified atom stereocenters. The van der Waals surface area contributed by atoms with Gasteiger partial charge in [-0.1, -0.05) is 18.2 Å². The Kier molecular flexibility index (Phi) is 4.18. The van der Waals surface area contributed by atoms with E-state index in [1.54, 1.807) is 12.1 Å². The van der Waals surface area contributed by atoms with E-state index in [0.717, 1.165) is 12.0 Å². The number of hydrogen-bond donors (Lipinski definition) is 1. The molecule has 1 aliphatic rings. The molecule has 0 saturated heterocycles. The molecule has 1 N–H and O–H groups in total. The summed E-state index contributed by atoms with van der Waals surface area (Å²) in [5.74, 6) is 0.0111. The molecule has 0 aliphatic heterocycles. The van der Waals surface area contributed by atoms with Crippen molar-refractivity contribution in [2.24, 2.45) is 0 Å². The Bertz CT molecular complexity index is 474. The predicted octanol–water partition coefficient (Wildman–Crippen LogP) is 3.89. The maximum absolute atomic E-state index is 13.2. The second-order valence-electron chi connectivity index (χ2n) is 3.71. The summed E-state index contributed by atoms with van der Waals surface area (Å²) in [5.41, 5.74) is 1.13. The highest BCUT2D eigenvalue weighted by Crippen LogP contribution is 2.18. The second-order valence-corrected chi connectivity index (χ2v) is 5.13. The molecule has 2 rings (SSSR count). The first-order valence-electron chi connectivity index (χ1n) is 5.22. The molecular weight excluding hydrogens is 307 g/mol. The second kappa shape index (κ2) is 5.65. The number of nitrogens with one attached hydrogen (secondary N) is 1. The van der Waals surface area contributed by atoms with Crippen LogP contribution in [0.5, 0.6) is 0 Å². The highest BCUT2D eigenvalue weighted by atomic mass is 79.9. The summed E-state index contributed by atoms with van der Waals surface area (Å²) in [7, 11) is 0. The van der Waals surface area contributed by atoms with Crippen LogP contribution in [0.3, 0.4) is 0 Å². The zero-order chi connectivity index (χ0) is 12.3. The molecule has 0 saturated carbocycles. The molecule has 1 aromatic rings. The van der Waals surface area contributed by atoms with Gasteiger partial charge in [0.1, 0.15) is 5.82 Å². The lowest BCUT2D eigenvalue weighted by Gasteiger charge is -2.11.